The van der Waals surface area contributed by atoms with Crippen LogP contribution in [-0.4, -0.2) is 38.1 Å². The van der Waals surface area contributed by atoms with Crippen molar-refractivity contribution in [2.45, 2.75) is 19.4 Å². The van der Waals surface area contributed by atoms with E-state index in [-0.39, 0.29) is 16.8 Å². The van der Waals surface area contributed by atoms with E-state index in [1.165, 1.54) is 0 Å². The van der Waals surface area contributed by atoms with Crippen LogP contribution in [0.2, 0.25) is 5.15 Å². The lowest BCUT2D eigenvalue weighted by Gasteiger charge is -2.13. The lowest BCUT2D eigenvalue weighted by atomic mass is 10.2. The van der Waals surface area contributed by atoms with Gasteiger partial charge in [-0.05, 0) is 19.4 Å². The van der Waals surface area contributed by atoms with Crippen molar-refractivity contribution >= 4 is 34.0 Å². The van der Waals surface area contributed by atoms with Crippen LogP contribution >= 0.6 is 11.6 Å². The molecular formula is C11H14ClN3O4S. The molecule has 0 fully saturated rings. The van der Waals surface area contributed by atoms with Crippen LogP contribution in [0.1, 0.15) is 23.7 Å². The molecule has 0 saturated carbocycles. The number of carbonyl (C=O) groups excluding carboxylic acids is 1. The number of amides is 1. The summed E-state index contributed by atoms with van der Waals surface area (Å²) in [6.07, 6.45) is 3.03. The highest BCUT2D eigenvalue weighted by Crippen LogP contribution is 2.20. The van der Waals surface area contributed by atoms with E-state index in [2.05, 4.69) is 10.3 Å². The predicted molar refractivity (Wildman–Crippen MR) is 76.4 cm³/mol. The second-order valence-electron chi connectivity index (χ2n) is 4.22. The Morgan fingerprint density at radius 1 is 1.65 bits per heavy atom. The standard InChI is InChI=1S/C11H14ClN3O4S/c1-7(3-4-20(2)19)14-11(16)8-5-10(12)13-6-9(8)15(17)18/h5-7H,3-4H2,1-2H3,(H,14,16). The van der Waals surface area contributed by atoms with Gasteiger partial charge in [0.05, 0.1) is 4.92 Å². The smallest absolute Gasteiger partial charge is 0.300 e. The van der Waals surface area contributed by atoms with Crippen molar-refractivity contribution in [3.8, 4) is 0 Å². The van der Waals surface area contributed by atoms with Gasteiger partial charge in [-0.2, -0.15) is 0 Å². The molecule has 0 aromatic carbocycles. The molecule has 0 bridgehead atoms. The minimum atomic E-state index is -0.951. The summed E-state index contributed by atoms with van der Waals surface area (Å²) in [5, 5.41) is 13.5. The summed E-state index contributed by atoms with van der Waals surface area (Å²) in [6, 6.07) is 0.901. The summed E-state index contributed by atoms with van der Waals surface area (Å²) in [6.45, 7) is 1.74. The van der Waals surface area contributed by atoms with Gasteiger partial charge < -0.3 is 5.32 Å². The molecule has 110 valence electrons. The molecule has 1 aromatic heterocycles. The predicted octanol–water partition coefficient (Wildman–Crippen LogP) is 1.53. The third kappa shape index (κ3) is 4.86. The minimum absolute atomic E-state index is 0.00284. The van der Waals surface area contributed by atoms with Crippen LogP contribution in [0.15, 0.2) is 12.3 Å². The quantitative estimate of drug-likeness (QED) is 0.486. The first-order chi connectivity index (χ1) is 9.31. The maximum Gasteiger partial charge on any atom is 0.300 e. The maximum absolute atomic E-state index is 12.0. The van der Waals surface area contributed by atoms with Crippen LogP contribution in [-0.2, 0) is 10.8 Å². The molecule has 20 heavy (non-hydrogen) atoms. The van der Waals surface area contributed by atoms with E-state index >= 15 is 0 Å². The van der Waals surface area contributed by atoms with E-state index in [9.17, 15) is 19.1 Å². The summed E-state index contributed by atoms with van der Waals surface area (Å²) in [7, 11) is -0.951. The fraction of sp³-hybridized carbons (Fsp3) is 0.455. The Balaban J connectivity index is 2.84. The van der Waals surface area contributed by atoms with Gasteiger partial charge in [0.2, 0.25) is 0 Å². The molecular weight excluding hydrogens is 306 g/mol. The highest BCUT2D eigenvalue weighted by Gasteiger charge is 2.22. The molecule has 1 heterocycles. The molecule has 7 nitrogen and oxygen atoms in total. The third-order valence-corrected chi connectivity index (χ3v) is 3.52. The van der Waals surface area contributed by atoms with Gasteiger partial charge in [-0.3, -0.25) is 19.1 Å². The topological polar surface area (TPSA) is 102 Å². The fourth-order valence-corrected chi connectivity index (χ4v) is 2.31. The van der Waals surface area contributed by atoms with E-state index in [1.807, 2.05) is 0 Å². The molecule has 2 atom stereocenters. The van der Waals surface area contributed by atoms with Crippen LogP contribution in [0, 0.1) is 10.1 Å². The summed E-state index contributed by atoms with van der Waals surface area (Å²) < 4.78 is 11.0. The Hall–Kier alpha value is -1.54. The molecule has 0 aliphatic rings. The number of aromatic nitrogens is 1. The number of hydrogen-bond donors (Lipinski definition) is 1. The molecule has 9 heteroatoms. The molecule has 0 aliphatic heterocycles. The number of nitro groups is 1. The van der Waals surface area contributed by atoms with Crippen molar-refractivity contribution in [2.24, 2.45) is 0 Å². The zero-order chi connectivity index (χ0) is 15.3. The normalized spacial score (nSPS) is 13.6. The molecule has 1 rings (SSSR count). The lowest BCUT2D eigenvalue weighted by molar-refractivity contribution is -0.385. The molecule has 0 radical (unpaired) electrons. The highest BCUT2D eigenvalue weighted by molar-refractivity contribution is 7.84. The Bertz CT molecular complexity index is 552. The van der Waals surface area contributed by atoms with Gasteiger partial charge in [0, 0.05) is 28.9 Å². The number of halogens is 1. The second-order valence-corrected chi connectivity index (χ2v) is 6.16. The van der Waals surface area contributed by atoms with Crippen LogP contribution in [0.3, 0.4) is 0 Å². The van der Waals surface area contributed by atoms with Crippen molar-refractivity contribution < 1.29 is 13.9 Å². The first kappa shape index (κ1) is 16.5. The number of nitrogens with one attached hydrogen (secondary N) is 1. The summed E-state index contributed by atoms with van der Waals surface area (Å²) in [5.74, 6) is -0.156. The van der Waals surface area contributed by atoms with Crippen LogP contribution in [0.5, 0.6) is 0 Å². The maximum atomic E-state index is 12.0. The molecule has 0 spiro atoms. The zero-order valence-corrected chi connectivity index (χ0v) is 12.5. The number of pyridine rings is 1. The highest BCUT2D eigenvalue weighted by atomic mass is 35.5. The van der Waals surface area contributed by atoms with Gasteiger partial charge in [0.1, 0.15) is 16.9 Å². The molecule has 0 saturated heterocycles. The third-order valence-electron chi connectivity index (χ3n) is 2.51. The minimum Gasteiger partial charge on any atom is -0.349 e. The average Bonchev–Trinajstić information content (AvgIpc) is 2.35. The number of hydrogen-bond acceptors (Lipinski definition) is 5. The van der Waals surface area contributed by atoms with Crippen molar-refractivity contribution in [3.05, 3.63) is 33.1 Å². The van der Waals surface area contributed by atoms with Gasteiger partial charge >= 0.3 is 0 Å². The summed E-state index contributed by atoms with van der Waals surface area (Å²) >= 11 is 5.65. The Morgan fingerprint density at radius 2 is 2.30 bits per heavy atom. The Morgan fingerprint density at radius 3 is 2.85 bits per heavy atom. The first-order valence-electron chi connectivity index (χ1n) is 5.72. The van der Waals surface area contributed by atoms with E-state index < -0.39 is 27.3 Å². The average molecular weight is 320 g/mol. The molecule has 1 aromatic rings. The monoisotopic (exact) mass is 319 g/mol. The number of nitrogens with zero attached hydrogens (tertiary/aromatic N) is 2. The SMILES string of the molecule is CC(CCS(C)=O)NC(=O)c1cc(Cl)ncc1[N+](=O)[O-]. The number of carbonyl (C=O) groups is 1. The van der Waals surface area contributed by atoms with E-state index in [0.717, 1.165) is 12.3 Å². The van der Waals surface area contributed by atoms with Gasteiger partial charge in [0.15, 0.2) is 0 Å². The molecule has 1 N–H and O–H groups in total. The van der Waals surface area contributed by atoms with E-state index in [1.54, 1.807) is 13.2 Å². The zero-order valence-electron chi connectivity index (χ0n) is 11.0. The van der Waals surface area contributed by atoms with Crippen molar-refractivity contribution in [3.63, 3.8) is 0 Å². The summed E-state index contributed by atoms with van der Waals surface area (Å²) in [5.41, 5.74) is -0.544. The van der Waals surface area contributed by atoms with Crippen LogP contribution in [0.4, 0.5) is 5.69 Å². The Labute approximate surface area is 123 Å². The second kappa shape index (κ2) is 7.30. The lowest BCUT2D eigenvalue weighted by Crippen LogP contribution is -2.34. The van der Waals surface area contributed by atoms with Gasteiger partial charge in [-0.15, -0.1) is 0 Å². The van der Waals surface area contributed by atoms with Crippen molar-refractivity contribution in [1.29, 1.82) is 0 Å². The van der Waals surface area contributed by atoms with Gasteiger partial charge in [-0.25, -0.2) is 4.98 Å². The molecule has 2 unspecified atom stereocenters. The van der Waals surface area contributed by atoms with Crippen molar-refractivity contribution in [2.75, 3.05) is 12.0 Å². The van der Waals surface area contributed by atoms with E-state index in [4.69, 9.17) is 11.6 Å². The fourth-order valence-electron chi connectivity index (χ4n) is 1.47. The number of rotatable bonds is 6. The van der Waals surface area contributed by atoms with Crippen molar-refractivity contribution in [1.82, 2.24) is 10.3 Å². The van der Waals surface area contributed by atoms with Crippen LogP contribution in [0.25, 0.3) is 0 Å². The van der Waals surface area contributed by atoms with Gasteiger partial charge in [0.25, 0.3) is 11.6 Å². The molecule has 0 aliphatic carbocycles. The van der Waals surface area contributed by atoms with E-state index in [0.29, 0.717) is 12.2 Å². The first-order valence-corrected chi connectivity index (χ1v) is 7.82. The van der Waals surface area contributed by atoms with Crippen LogP contribution < -0.4 is 5.32 Å². The summed E-state index contributed by atoms with van der Waals surface area (Å²) in [4.78, 5) is 25.7. The van der Waals surface area contributed by atoms with Gasteiger partial charge in [-0.1, -0.05) is 11.6 Å². The largest absolute Gasteiger partial charge is 0.349 e. The molecule has 1 amide bonds. The Kier molecular flexibility index (Phi) is 6.03.